The molecule has 1 aliphatic carbocycles. The van der Waals surface area contributed by atoms with Crippen molar-refractivity contribution < 1.29 is 5.11 Å². The van der Waals surface area contributed by atoms with Gasteiger partial charge in [0.25, 0.3) is 0 Å². The van der Waals surface area contributed by atoms with Gasteiger partial charge in [-0.2, -0.15) is 0 Å². The van der Waals surface area contributed by atoms with Crippen LogP contribution in [-0.4, -0.2) is 11.2 Å². The molecule has 1 heteroatoms. The molecule has 0 saturated heterocycles. The minimum absolute atomic E-state index is 0.0527. The largest absolute Gasteiger partial charge is 0.393 e. The highest BCUT2D eigenvalue weighted by Crippen LogP contribution is 2.36. The smallest absolute Gasteiger partial charge is 0.0593 e. The van der Waals surface area contributed by atoms with Crippen molar-refractivity contribution >= 4 is 0 Å². The van der Waals surface area contributed by atoms with Crippen molar-refractivity contribution in [1.29, 1.82) is 0 Å². The van der Waals surface area contributed by atoms with Crippen LogP contribution in [0.25, 0.3) is 0 Å². The van der Waals surface area contributed by atoms with E-state index in [1.165, 1.54) is 25.7 Å². The fourth-order valence-corrected chi connectivity index (χ4v) is 2.86. The van der Waals surface area contributed by atoms with Crippen LogP contribution in [0.5, 0.6) is 0 Å². The first-order chi connectivity index (χ1) is 7.06. The lowest BCUT2D eigenvalue weighted by atomic mass is 9.73. The second-order valence-corrected chi connectivity index (χ2v) is 5.80. The van der Waals surface area contributed by atoms with E-state index in [4.69, 9.17) is 0 Å². The van der Waals surface area contributed by atoms with Crippen LogP contribution < -0.4 is 0 Å². The average Bonchev–Trinajstić information content (AvgIpc) is 2.27. The first kappa shape index (κ1) is 13.0. The summed E-state index contributed by atoms with van der Waals surface area (Å²) < 4.78 is 0. The van der Waals surface area contributed by atoms with Crippen LogP contribution in [0.4, 0.5) is 0 Å². The molecule has 2 atom stereocenters. The lowest BCUT2D eigenvalue weighted by Gasteiger charge is -2.35. The van der Waals surface area contributed by atoms with Gasteiger partial charge in [0.15, 0.2) is 0 Å². The summed E-state index contributed by atoms with van der Waals surface area (Å²) in [6.07, 6.45) is 6.20. The maximum Gasteiger partial charge on any atom is 0.0593 e. The molecule has 0 heterocycles. The quantitative estimate of drug-likeness (QED) is 0.750. The maximum absolute atomic E-state index is 10.2. The van der Waals surface area contributed by atoms with Crippen molar-refractivity contribution in [1.82, 2.24) is 0 Å². The molecule has 1 nitrogen and oxygen atoms in total. The molecule has 1 aliphatic rings. The Morgan fingerprint density at radius 1 is 1.00 bits per heavy atom. The number of hydrogen-bond donors (Lipinski definition) is 1. The summed E-state index contributed by atoms with van der Waals surface area (Å²) >= 11 is 0. The third-order valence-corrected chi connectivity index (χ3v) is 4.47. The van der Waals surface area contributed by atoms with Crippen LogP contribution >= 0.6 is 0 Å². The first-order valence-corrected chi connectivity index (χ1v) is 6.74. The van der Waals surface area contributed by atoms with Crippen LogP contribution in [0, 0.1) is 23.7 Å². The molecule has 1 N–H and O–H groups in total. The lowest BCUT2D eigenvalue weighted by Crippen LogP contribution is -2.31. The predicted molar refractivity (Wildman–Crippen MR) is 65.7 cm³/mol. The van der Waals surface area contributed by atoms with Crippen molar-refractivity contribution in [3.8, 4) is 0 Å². The Balaban J connectivity index is 2.36. The summed E-state index contributed by atoms with van der Waals surface area (Å²) in [5.41, 5.74) is 0. The normalized spacial score (nSPS) is 31.6. The number of aliphatic hydroxyl groups excluding tert-OH is 1. The molecule has 0 aliphatic heterocycles. The Bertz CT molecular complexity index is 168. The van der Waals surface area contributed by atoms with Gasteiger partial charge >= 0.3 is 0 Å². The highest BCUT2D eigenvalue weighted by atomic mass is 16.3. The van der Waals surface area contributed by atoms with E-state index in [9.17, 15) is 5.11 Å². The van der Waals surface area contributed by atoms with Gasteiger partial charge in [0.2, 0.25) is 0 Å². The van der Waals surface area contributed by atoms with Crippen LogP contribution in [0.3, 0.4) is 0 Å². The summed E-state index contributed by atoms with van der Waals surface area (Å²) in [4.78, 5) is 0. The zero-order valence-electron chi connectivity index (χ0n) is 10.9. The van der Waals surface area contributed by atoms with E-state index in [-0.39, 0.29) is 6.10 Å². The third kappa shape index (κ3) is 3.48. The molecule has 0 bridgehead atoms. The van der Waals surface area contributed by atoms with Crippen LogP contribution in [0.15, 0.2) is 0 Å². The van der Waals surface area contributed by atoms with E-state index >= 15 is 0 Å². The van der Waals surface area contributed by atoms with Gasteiger partial charge < -0.3 is 5.11 Å². The molecule has 2 unspecified atom stereocenters. The van der Waals surface area contributed by atoms with Gasteiger partial charge in [0.1, 0.15) is 0 Å². The van der Waals surface area contributed by atoms with Crippen LogP contribution in [0.2, 0.25) is 0 Å². The third-order valence-electron chi connectivity index (χ3n) is 4.47. The standard InChI is InChI=1S/C14H28O/c1-5-11(4)14(15)13-8-6-12(7-9-13)10(2)3/h10-15H,5-9H2,1-4H3. The molecule has 15 heavy (non-hydrogen) atoms. The van der Waals surface area contributed by atoms with E-state index in [1.807, 2.05) is 0 Å². The van der Waals surface area contributed by atoms with Gasteiger partial charge in [-0.05, 0) is 49.4 Å². The van der Waals surface area contributed by atoms with Crippen molar-refractivity contribution in [3.63, 3.8) is 0 Å². The second-order valence-electron chi connectivity index (χ2n) is 5.80. The zero-order chi connectivity index (χ0) is 11.4. The van der Waals surface area contributed by atoms with Gasteiger partial charge in [-0.25, -0.2) is 0 Å². The van der Waals surface area contributed by atoms with E-state index in [0.29, 0.717) is 11.8 Å². The molecular formula is C14H28O. The fraction of sp³-hybridized carbons (Fsp3) is 1.00. The molecule has 0 amide bonds. The molecule has 1 fully saturated rings. The summed E-state index contributed by atoms with van der Waals surface area (Å²) in [5.74, 6) is 2.79. The van der Waals surface area contributed by atoms with E-state index in [0.717, 1.165) is 18.3 Å². The highest BCUT2D eigenvalue weighted by Gasteiger charge is 2.29. The summed E-state index contributed by atoms with van der Waals surface area (Å²) in [7, 11) is 0. The van der Waals surface area contributed by atoms with Gasteiger partial charge in [-0.1, -0.05) is 34.1 Å². The van der Waals surface area contributed by atoms with Crippen LogP contribution in [0.1, 0.15) is 59.8 Å². The Morgan fingerprint density at radius 3 is 1.87 bits per heavy atom. The molecule has 0 radical (unpaired) electrons. The van der Waals surface area contributed by atoms with Crippen LogP contribution in [-0.2, 0) is 0 Å². The Labute approximate surface area is 95.3 Å². The molecule has 1 rings (SSSR count). The zero-order valence-corrected chi connectivity index (χ0v) is 10.9. The maximum atomic E-state index is 10.2. The van der Waals surface area contributed by atoms with Crippen molar-refractivity contribution in [2.45, 2.75) is 65.9 Å². The summed E-state index contributed by atoms with van der Waals surface area (Å²) in [6.45, 7) is 9.01. The molecule has 1 saturated carbocycles. The minimum atomic E-state index is -0.0527. The minimum Gasteiger partial charge on any atom is -0.393 e. The molecule has 0 spiro atoms. The summed E-state index contributed by atoms with van der Waals surface area (Å²) in [6, 6.07) is 0. The van der Waals surface area contributed by atoms with E-state index in [2.05, 4.69) is 27.7 Å². The van der Waals surface area contributed by atoms with Gasteiger partial charge in [-0.15, -0.1) is 0 Å². The highest BCUT2D eigenvalue weighted by molar-refractivity contribution is 4.80. The average molecular weight is 212 g/mol. The molecule has 0 aromatic heterocycles. The van der Waals surface area contributed by atoms with E-state index < -0.39 is 0 Å². The SMILES string of the molecule is CCC(C)C(O)C1CCC(C(C)C)CC1. The fourth-order valence-electron chi connectivity index (χ4n) is 2.86. The number of rotatable bonds is 4. The first-order valence-electron chi connectivity index (χ1n) is 6.74. The van der Waals surface area contributed by atoms with Gasteiger partial charge in [0.05, 0.1) is 6.10 Å². The predicted octanol–water partition coefficient (Wildman–Crippen LogP) is 3.86. The molecular weight excluding hydrogens is 184 g/mol. The number of hydrogen-bond acceptors (Lipinski definition) is 1. The van der Waals surface area contributed by atoms with E-state index in [1.54, 1.807) is 0 Å². The Kier molecular flexibility index (Phi) is 5.11. The van der Waals surface area contributed by atoms with Crippen molar-refractivity contribution in [2.24, 2.45) is 23.7 Å². The van der Waals surface area contributed by atoms with Gasteiger partial charge in [0, 0.05) is 0 Å². The van der Waals surface area contributed by atoms with Gasteiger partial charge in [-0.3, -0.25) is 0 Å². The van der Waals surface area contributed by atoms with Crippen molar-refractivity contribution in [3.05, 3.63) is 0 Å². The second kappa shape index (κ2) is 5.89. The number of aliphatic hydroxyl groups is 1. The summed E-state index contributed by atoms with van der Waals surface area (Å²) in [5, 5.41) is 10.2. The molecule has 0 aromatic rings. The molecule has 0 aromatic carbocycles. The van der Waals surface area contributed by atoms with Crippen molar-refractivity contribution in [2.75, 3.05) is 0 Å². The lowest BCUT2D eigenvalue weighted by molar-refractivity contribution is 0.0267. The Morgan fingerprint density at radius 2 is 1.47 bits per heavy atom. The Hall–Kier alpha value is -0.0400. The topological polar surface area (TPSA) is 20.2 Å². The molecule has 90 valence electrons. The monoisotopic (exact) mass is 212 g/mol.